The van der Waals surface area contributed by atoms with Crippen LogP contribution in [0.4, 0.5) is 4.39 Å². The highest BCUT2D eigenvalue weighted by atomic mass is 19.1. The maximum atomic E-state index is 12.8. The van der Waals surface area contributed by atoms with Crippen LogP contribution in [0.15, 0.2) is 40.2 Å². The summed E-state index contributed by atoms with van der Waals surface area (Å²) < 4.78 is 21.4. The van der Waals surface area contributed by atoms with Gasteiger partial charge in [0.05, 0.1) is 6.33 Å². The quantitative estimate of drug-likeness (QED) is 0.504. The van der Waals surface area contributed by atoms with Gasteiger partial charge in [0.2, 0.25) is 0 Å². The molecule has 0 N–H and O–H groups in total. The van der Waals surface area contributed by atoms with Crippen molar-refractivity contribution in [3.8, 4) is 5.75 Å². The van der Waals surface area contributed by atoms with Crippen LogP contribution in [-0.2, 0) is 25.4 Å². The summed E-state index contributed by atoms with van der Waals surface area (Å²) in [5.74, 6) is -0.914. The number of carbonyl (C=O) groups excluding carboxylic acids is 1. The van der Waals surface area contributed by atoms with Gasteiger partial charge in [0.1, 0.15) is 18.1 Å². The lowest BCUT2D eigenvalue weighted by molar-refractivity contribution is -0.135. The highest BCUT2D eigenvalue weighted by molar-refractivity contribution is 5.76. The summed E-state index contributed by atoms with van der Waals surface area (Å²) in [5.41, 5.74) is -0.764. The van der Waals surface area contributed by atoms with E-state index in [1.54, 1.807) is 0 Å². The van der Waals surface area contributed by atoms with Gasteiger partial charge in [0, 0.05) is 14.1 Å². The van der Waals surface area contributed by atoms with Crippen LogP contribution in [-0.4, -0.2) is 24.7 Å². The zero-order valence-corrected chi connectivity index (χ0v) is 12.9. The topological polar surface area (TPSA) is 88.1 Å². The van der Waals surface area contributed by atoms with Gasteiger partial charge in [0.15, 0.2) is 11.2 Å². The Bertz CT molecular complexity index is 1050. The van der Waals surface area contributed by atoms with E-state index in [0.717, 1.165) is 4.57 Å². The van der Waals surface area contributed by atoms with Crippen molar-refractivity contribution in [1.29, 1.82) is 0 Å². The van der Waals surface area contributed by atoms with Crippen LogP contribution in [0.5, 0.6) is 5.75 Å². The number of hydrogen-bond acceptors (Lipinski definition) is 5. The molecule has 124 valence electrons. The lowest BCUT2D eigenvalue weighted by Gasteiger charge is -2.07. The zero-order chi connectivity index (χ0) is 17.4. The summed E-state index contributed by atoms with van der Waals surface area (Å²) in [4.78, 5) is 40.1. The van der Waals surface area contributed by atoms with Crippen LogP contribution in [0.2, 0.25) is 0 Å². The van der Waals surface area contributed by atoms with Crippen LogP contribution in [0.3, 0.4) is 0 Å². The number of nitrogens with zero attached hydrogens (tertiary/aromatic N) is 4. The summed E-state index contributed by atoms with van der Waals surface area (Å²) in [6, 6.07) is 4.98. The second-order valence-corrected chi connectivity index (χ2v) is 5.18. The first-order valence-electron chi connectivity index (χ1n) is 6.95. The summed E-state index contributed by atoms with van der Waals surface area (Å²) in [6.07, 6.45) is 1.29. The Morgan fingerprint density at radius 3 is 2.50 bits per heavy atom. The molecule has 0 bridgehead atoms. The molecule has 0 saturated heterocycles. The van der Waals surface area contributed by atoms with E-state index in [4.69, 9.17) is 4.74 Å². The molecule has 9 heteroatoms. The fourth-order valence-corrected chi connectivity index (χ4v) is 2.32. The summed E-state index contributed by atoms with van der Waals surface area (Å²) in [7, 11) is 2.83. The van der Waals surface area contributed by atoms with Crippen molar-refractivity contribution in [3.05, 3.63) is 57.2 Å². The molecule has 0 aliphatic rings. The third kappa shape index (κ3) is 2.60. The molecule has 0 radical (unpaired) electrons. The number of aryl methyl sites for hydroxylation is 1. The van der Waals surface area contributed by atoms with E-state index in [1.165, 1.54) is 53.8 Å². The largest absolute Gasteiger partial charge is 0.425 e. The minimum absolute atomic E-state index is 0.121. The predicted molar refractivity (Wildman–Crippen MR) is 82.3 cm³/mol. The number of imidazole rings is 1. The average Bonchev–Trinajstić information content (AvgIpc) is 2.96. The molecule has 0 saturated carbocycles. The first-order chi connectivity index (χ1) is 11.4. The number of benzene rings is 1. The Labute approximate surface area is 134 Å². The second kappa shape index (κ2) is 5.76. The van der Waals surface area contributed by atoms with Gasteiger partial charge in [-0.05, 0) is 24.3 Å². The number of fused-ring (bicyclic) bond motifs is 1. The molecule has 0 unspecified atom stereocenters. The fraction of sp³-hybridized carbons (Fsp3) is 0.200. The molecular weight excluding hydrogens is 319 g/mol. The molecule has 8 nitrogen and oxygen atoms in total. The lowest BCUT2D eigenvalue weighted by atomic mass is 10.3. The zero-order valence-electron chi connectivity index (χ0n) is 12.9. The van der Waals surface area contributed by atoms with Gasteiger partial charge in [-0.3, -0.25) is 13.9 Å². The minimum Gasteiger partial charge on any atom is -0.425 e. The van der Waals surface area contributed by atoms with Crippen molar-refractivity contribution in [2.45, 2.75) is 6.54 Å². The van der Waals surface area contributed by atoms with E-state index in [0.29, 0.717) is 0 Å². The van der Waals surface area contributed by atoms with Crippen molar-refractivity contribution >= 4 is 17.1 Å². The molecule has 0 aliphatic heterocycles. The summed E-state index contributed by atoms with van der Waals surface area (Å²) in [5, 5.41) is 0. The van der Waals surface area contributed by atoms with Gasteiger partial charge in [-0.25, -0.2) is 19.0 Å². The molecule has 24 heavy (non-hydrogen) atoms. The number of hydrogen-bond donors (Lipinski definition) is 0. The molecule has 0 atom stereocenters. The molecular formula is C15H13FN4O4. The molecule has 0 spiro atoms. The Hall–Kier alpha value is -3.23. The van der Waals surface area contributed by atoms with Crippen molar-refractivity contribution in [1.82, 2.24) is 18.7 Å². The Balaban J connectivity index is 1.93. The van der Waals surface area contributed by atoms with Crippen molar-refractivity contribution in [2.75, 3.05) is 0 Å². The number of rotatable bonds is 3. The Morgan fingerprint density at radius 1 is 1.17 bits per heavy atom. The fourth-order valence-electron chi connectivity index (χ4n) is 2.32. The summed E-state index contributed by atoms with van der Waals surface area (Å²) in [6.45, 7) is -0.276. The van der Waals surface area contributed by atoms with Crippen LogP contribution in [0.1, 0.15) is 0 Å². The van der Waals surface area contributed by atoms with Crippen molar-refractivity contribution in [3.63, 3.8) is 0 Å². The highest BCUT2D eigenvalue weighted by Gasteiger charge is 2.16. The number of carbonyl (C=O) groups is 1. The van der Waals surface area contributed by atoms with Crippen LogP contribution >= 0.6 is 0 Å². The summed E-state index contributed by atoms with van der Waals surface area (Å²) >= 11 is 0. The predicted octanol–water partition coefficient (Wildman–Crippen LogP) is 0.178. The van der Waals surface area contributed by atoms with E-state index in [-0.39, 0.29) is 23.5 Å². The molecule has 0 fully saturated rings. The molecule has 1 aromatic carbocycles. The maximum absolute atomic E-state index is 12.8. The van der Waals surface area contributed by atoms with Gasteiger partial charge in [-0.15, -0.1) is 0 Å². The first kappa shape index (κ1) is 15.7. The van der Waals surface area contributed by atoms with Gasteiger partial charge in [-0.1, -0.05) is 0 Å². The van der Waals surface area contributed by atoms with Crippen LogP contribution < -0.4 is 16.0 Å². The third-order valence-corrected chi connectivity index (χ3v) is 3.56. The lowest BCUT2D eigenvalue weighted by Crippen LogP contribution is -2.37. The molecule has 2 aromatic heterocycles. The van der Waals surface area contributed by atoms with Crippen molar-refractivity contribution < 1.29 is 13.9 Å². The standard InChI is InChI=1S/C15H13FN4O4/c1-18-13-12(14(22)19(2)15(18)23)20(8-17-13)7-11(21)24-10-5-3-9(16)4-6-10/h3-6,8H,7H2,1-2H3. The minimum atomic E-state index is -0.656. The molecule has 0 aliphatic carbocycles. The number of aromatic nitrogens is 4. The SMILES string of the molecule is Cn1c(=O)c2c(ncn2CC(=O)Oc2ccc(F)cc2)n(C)c1=O. The Kier molecular flexibility index (Phi) is 3.76. The third-order valence-electron chi connectivity index (χ3n) is 3.56. The van der Waals surface area contributed by atoms with Gasteiger partial charge < -0.3 is 9.30 Å². The van der Waals surface area contributed by atoms with E-state index in [9.17, 15) is 18.8 Å². The van der Waals surface area contributed by atoms with Crippen LogP contribution in [0.25, 0.3) is 11.2 Å². The maximum Gasteiger partial charge on any atom is 0.332 e. The molecule has 0 amide bonds. The molecule has 3 rings (SSSR count). The average molecular weight is 332 g/mol. The van der Waals surface area contributed by atoms with E-state index in [1.807, 2.05) is 0 Å². The molecule has 2 heterocycles. The number of halogens is 1. The van der Waals surface area contributed by atoms with Gasteiger partial charge in [0.25, 0.3) is 5.56 Å². The van der Waals surface area contributed by atoms with E-state index < -0.39 is 23.0 Å². The molecule has 3 aromatic rings. The highest BCUT2D eigenvalue weighted by Crippen LogP contribution is 2.12. The van der Waals surface area contributed by atoms with E-state index >= 15 is 0 Å². The number of ether oxygens (including phenoxy) is 1. The van der Waals surface area contributed by atoms with E-state index in [2.05, 4.69) is 4.98 Å². The normalized spacial score (nSPS) is 11.0. The van der Waals surface area contributed by atoms with Gasteiger partial charge in [-0.2, -0.15) is 0 Å². The van der Waals surface area contributed by atoms with Gasteiger partial charge >= 0.3 is 11.7 Å². The second-order valence-electron chi connectivity index (χ2n) is 5.18. The Morgan fingerprint density at radius 2 is 1.83 bits per heavy atom. The monoisotopic (exact) mass is 332 g/mol. The van der Waals surface area contributed by atoms with Crippen LogP contribution in [0, 0.1) is 5.82 Å². The smallest absolute Gasteiger partial charge is 0.332 e. The first-order valence-corrected chi connectivity index (χ1v) is 6.95. The number of esters is 1. The van der Waals surface area contributed by atoms with Crippen molar-refractivity contribution in [2.24, 2.45) is 14.1 Å².